The lowest BCUT2D eigenvalue weighted by Gasteiger charge is -2.38. The average molecular weight is 569 g/mol. The molecule has 0 radical (unpaired) electrons. The van der Waals surface area contributed by atoms with E-state index in [9.17, 15) is 9.90 Å². The first-order chi connectivity index (χ1) is 19.0. The summed E-state index contributed by atoms with van der Waals surface area (Å²) < 4.78 is 6.78. The van der Waals surface area contributed by atoms with Gasteiger partial charge in [0.25, 0.3) is 0 Å². The second-order valence-corrected chi connectivity index (χ2v) is 13.6. The van der Waals surface area contributed by atoms with Crippen molar-refractivity contribution in [2.24, 2.45) is 11.8 Å². The summed E-state index contributed by atoms with van der Waals surface area (Å²) in [7, 11) is 0. The zero-order valence-corrected chi connectivity index (χ0v) is 26.6. The molecule has 0 amide bonds. The number of benzene rings is 2. The monoisotopic (exact) mass is 568 g/mol. The van der Waals surface area contributed by atoms with E-state index in [-0.39, 0.29) is 11.2 Å². The summed E-state index contributed by atoms with van der Waals surface area (Å²) in [5.41, 5.74) is 4.12. The predicted octanol–water partition coefficient (Wildman–Crippen LogP) is 10.3. The van der Waals surface area contributed by atoms with Crippen molar-refractivity contribution in [3.05, 3.63) is 52.1 Å². The second-order valence-electron chi connectivity index (χ2n) is 12.6. The molecule has 40 heavy (non-hydrogen) atoms. The van der Waals surface area contributed by atoms with Gasteiger partial charge in [0.05, 0.1) is 5.56 Å². The van der Waals surface area contributed by atoms with Gasteiger partial charge in [0.2, 0.25) is 0 Å². The molecule has 2 N–H and O–H groups in total. The van der Waals surface area contributed by atoms with Crippen LogP contribution in [-0.2, 0) is 12.2 Å². The normalized spacial score (nSPS) is 18.1. The number of phenols is 1. The van der Waals surface area contributed by atoms with Crippen LogP contribution in [0, 0.1) is 25.7 Å². The van der Waals surface area contributed by atoms with E-state index < -0.39 is 5.97 Å². The molecule has 0 bridgehead atoms. The van der Waals surface area contributed by atoms with E-state index in [2.05, 4.69) is 34.6 Å². The lowest BCUT2D eigenvalue weighted by Crippen LogP contribution is -2.37. The minimum Gasteiger partial charge on any atom is -0.507 e. The molecule has 0 saturated carbocycles. The van der Waals surface area contributed by atoms with Gasteiger partial charge in [0.15, 0.2) is 0 Å². The maximum absolute atomic E-state index is 11.2. The maximum atomic E-state index is 11.2. The number of carboxylic acids is 1. The van der Waals surface area contributed by atoms with Gasteiger partial charge in [-0.1, -0.05) is 72.1 Å². The standard InChI is InChI=1S/C35H52O4S/c1-7-8-9-12-24(2)13-10-14-25(3)15-11-21-35(6)22-20-30-31(32(36)26(4)27(5)33(30)39-35)23-40-29-18-16-28(17-19-29)34(37)38/h16-19,24-25,36H,7-15,20-23H2,1-6H3,(H,37,38). The predicted molar refractivity (Wildman–Crippen MR) is 168 cm³/mol. The van der Waals surface area contributed by atoms with Crippen LogP contribution in [0.1, 0.15) is 131 Å². The molecule has 222 valence electrons. The molecule has 1 aliphatic heterocycles. The Labute approximate surface area is 247 Å². The topological polar surface area (TPSA) is 66.8 Å². The number of carboxylic acid groups (broad SMARTS) is 1. The van der Waals surface area contributed by atoms with E-state index in [4.69, 9.17) is 9.84 Å². The Balaban J connectivity index is 1.55. The average Bonchev–Trinajstić information content (AvgIpc) is 2.92. The van der Waals surface area contributed by atoms with E-state index in [0.29, 0.717) is 11.5 Å². The first-order valence-electron chi connectivity index (χ1n) is 15.5. The molecular weight excluding hydrogens is 516 g/mol. The van der Waals surface area contributed by atoms with Crippen molar-refractivity contribution in [1.29, 1.82) is 0 Å². The van der Waals surface area contributed by atoms with Gasteiger partial charge in [0.1, 0.15) is 17.1 Å². The van der Waals surface area contributed by atoms with Crippen molar-refractivity contribution in [3.63, 3.8) is 0 Å². The molecule has 3 atom stereocenters. The van der Waals surface area contributed by atoms with E-state index >= 15 is 0 Å². The molecule has 2 aromatic carbocycles. The van der Waals surface area contributed by atoms with Gasteiger partial charge >= 0.3 is 5.97 Å². The number of hydrogen-bond donors (Lipinski definition) is 2. The van der Waals surface area contributed by atoms with Crippen molar-refractivity contribution in [1.82, 2.24) is 0 Å². The molecule has 4 nitrogen and oxygen atoms in total. The molecule has 1 aliphatic rings. The lowest BCUT2D eigenvalue weighted by atomic mass is 9.83. The molecule has 3 rings (SSSR count). The number of fused-ring (bicyclic) bond motifs is 1. The SMILES string of the molecule is CCCCCC(C)CCCC(C)CCCC1(C)CCc2c(CSc3ccc(C(=O)O)cc3)c(O)c(C)c(C)c2O1. The van der Waals surface area contributed by atoms with Gasteiger partial charge in [-0.3, -0.25) is 0 Å². The summed E-state index contributed by atoms with van der Waals surface area (Å²) in [6.07, 6.45) is 14.9. The van der Waals surface area contributed by atoms with Gasteiger partial charge in [-0.15, -0.1) is 11.8 Å². The van der Waals surface area contributed by atoms with Gasteiger partial charge in [-0.05, 0) is 93.7 Å². The third kappa shape index (κ3) is 8.93. The highest BCUT2D eigenvalue weighted by Gasteiger charge is 2.35. The van der Waals surface area contributed by atoms with E-state index in [1.807, 2.05) is 19.1 Å². The fourth-order valence-corrected chi connectivity index (χ4v) is 6.97. The molecular formula is C35H52O4S. The molecule has 0 fully saturated rings. The summed E-state index contributed by atoms with van der Waals surface area (Å²) in [5, 5.41) is 20.2. The third-order valence-corrected chi connectivity index (χ3v) is 10.1. The van der Waals surface area contributed by atoms with Crippen molar-refractivity contribution >= 4 is 17.7 Å². The quantitative estimate of drug-likeness (QED) is 0.156. The van der Waals surface area contributed by atoms with Crippen molar-refractivity contribution in [2.75, 3.05) is 0 Å². The van der Waals surface area contributed by atoms with Crippen LogP contribution in [0.4, 0.5) is 0 Å². The molecule has 0 aliphatic carbocycles. The first-order valence-corrected chi connectivity index (χ1v) is 16.5. The Hall–Kier alpha value is -2.14. The number of unbranched alkanes of at least 4 members (excludes halogenated alkanes) is 2. The van der Waals surface area contributed by atoms with Crippen LogP contribution in [0.15, 0.2) is 29.2 Å². The van der Waals surface area contributed by atoms with Crippen molar-refractivity contribution in [2.45, 2.75) is 135 Å². The number of hydrogen-bond acceptors (Lipinski definition) is 4. The number of phenolic OH excluding ortho intramolecular Hbond substituents is 1. The zero-order valence-electron chi connectivity index (χ0n) is 25.8. The summed E-state index contributed by atoms with van der Waals surface area (Å²) in [5.74, 6) is 2.65. The fourth-order valence-electron chi connectivity index (χ4n) is 6.02. The number of aromatic hydroxyl groups is 1. The van der Waals surface area contributed by atoms with Crippen LogP contribution >= 0.6 is 11.8 Å². The Kier molecular flexibility index (Phi) is 12.3. The van der Waals surface area contributed by atoms with Crippen molar-refractivity contribution in [3.8, 4) is 11.5 Å². The Morgan fingerprint density at radius 1 is 0.975 bits per heavy atom. The Morgan fingerprint density at radius 3 is 2.23 bits per heavy atom. The molecule has 0 aromatic heterocycles. The van der Waals surface area contributed by atoms with Crippen LogP contribution in [-0.4, -0.2) is 21.8 Å². The summed E-state index contributed by atoms with van der Waals surface area (Å²) in [4.78, 5) is 12.1. The smallest absolute Gasteiger partial charge is 0.335 e. The highest BCUT2D eigenvalue weighted by atomic mass is 32.2. The number of ether oxygens (including phenoxy) is 1. The van der Waals surface area contributed by atoms with Gasteiger partial charge in [-0.2, -0.15) is 0 Å². The van der Waals surface area contributed by atoms with Crippen LogP contribution in [0.5, 0.6) is 11.5 Å². The largest absolute Gasteiger partial charge is 0.507 e. The lowest BCUT2D eigenvalue weighted by molar-refractivity contribution is 0.0511. The number of carbonyl (C=O) groups is 1. The molecule has 5 heteroatoms. The highest BCUT2D eigenvalue weighted by Crippen LogP contribution is 2.46. The molecule has 1 heterocycles. The number of thioether (sulfide) groups is 1. The first kappa shape index (κ1) is 32.4. The van der Waals surface area contributed by atoms with Crippen LogP contribution in [0.2, 0.25) is 0 Å². The summed E-state index contributed by atoms with van der Waals surface area (Å²) >= 11 is 1.62. The van der Waals surface area contributed by atoms with E-state index in [0.717, 1.165) is 64.0 Å². The van der Waals surface area contributed by atoms with Crippen molar-refractivity contribution < 1.29 is 19.7 Å². The Morgan fingerprint density at radius 2 is 1.60 bits per heavy atom. The molecule has 0 spiro atoms. The highest BCUT2D eigenvalue weighted by molar-refractivity contribution is 7.98. The number of rotatable bonds is 16. The Bertz CT molecular complexity index is 1110. The fraction of sp³-hybridized carbons (Fsp3) is 0.629. The van der Waals surface area contributed by atoms with Gasteiger partial charge in [-0.25, -0.2) is 4.79 Å². The minimum absolute atomic E-state index is 0.175. The zero-order chi connectivity index (χ0) is 29.3. The van der Waals surface area contributed by atoms with Gasteiger partial charge < -0.3 is 14.9 Å². The van der Waals surface area contributed by atoms with Gasteiger partial charge in [0, 0.05) is 21.8 Å². The molecule has 2 aromatic rings. The molecule has 3 unspecified atom stereocenters. The van der Waals surface area contributed by atoms with E-state index in [1.165, 1.54) is 57.8 Å². The minimum atomic E-state index is -0.921. The maximum Gasteiger partial charge on any atom is 0.335 e. The summed E-state index contributed by atoms with van der Waals surface area (Å²) in [6, 6.07) is 6.93. The van der Waals surface area contributed by atoms with Crippen LogP contribution in [0.25, 0.3) is 0 Å². The van der Waals surface area contributed by atoms with Crippen LogP contribution < -0.4 is 4.74 Å². The van der Waals surface area contributed by atoms with Crippen LogP contribution in [0.3, 0.4) is 0 Å². The molecule has 0 saturated heterocycles. The number of aromatic carboxylic acids is 1. The third-order valence-electron chi connectivity index (χ3n) is 9.02. The second kappa shape index (κ2) is 15.2. The van der Waals surface area contributed by atoms with E-state index in [1.54, 1.807) is 23.9 Å². The summed E-state index contributed by atoms with van der Waals surface area (Å²) in [6.45, 7) is 13.4.